The average molecular weight is 370 g/mol. The van der Waals surface area contributed by atoms with Crippen molar-refractivity contribution < 1.29 is 9.32 Å². The van der Waals surface area contributed by atoms with E-state index in [-0.39, 0.29) is 11.4 Å². The molecule has 0 saturated heterocycles. The van der Waals surface area contributed by atoms with Crippen LogP contribution >= 0.6 is 11.3 Å². The molecule has 2 N–H and O–H groups in total. The smallest absolute Gasteiger partial charge is 0.326 e. The van der Waals surface area contributed by atoms with Crippen LogP contribution in [0.15, 0.2) is 46.6 Å². The van der Waals surface area contributed by atoms with Gasteiger partial charge in [-0.15, -0.1) is 11.3 Å². The lowest BCUT2D eigenvalue weighted by molar-refractivity contribution is 0.261. The molecule has 3 rings (SSSR count). The largest absolute Gasteiger partial charge is 0.338 e. The lowest BCUT2D eigenvalue weighted by atomic mass is 9.81. The van der Waals surface area contributed by atoms with E-state index in [9.17, 15) is 4.79 Å². The summed E-state index contributed by atoms with van der Waals surface area (Å²) in [6, 6.07) is 7.22. The lowest BCUT2D eigenvalue weighted by Gasteiger charge is -2.22. The third kappa shape index (κ3) is 3.77. The Kier molecular flexibility index (Phi) is 5.37. The summed E-state index contributed by atoms with van der Waals surface area (Å²) in [5.74, 6) is 0.340. The molecule has 3 heterocycles. The van der Waals surface area contributed by atoms with Gasteiger partial charge in [0.1, 0.15) is 5.00 Å². The minimum absolute atomic E-state index is 0.0534. The molecule has 0 aromatic carbocycles. The zero-order valence-corrected chi connectivity index (χ0v) is 15.9. The Labute approximate surface area is 156 Å². The first-order chi connectivity index (χ1) is 12.6. The maximum atomic E-state index is 12.3. The van der Waals surface area contributed by atoms with Gasteiger partial charge in [0.2, 0.25) is 5.88 Å². The van der Waals surface area contributed by atoms with Crippen molar-refractivity contribution in [2.45, 2.75) is 39.0 Å². The number of urea groups is 1. The SMILES string of the molecule is CCC(C)(CC)c1cc(NC(=O)Nc2sccc2-c2ccncc2)on1. The first-order valence-electron chi connectivity index (χ1n) is 8.59. The van der Waals surface area contributed by atoms with Gasteiger partial charge < -0.3 is 4.52 Å². The van der Waals surface area contributed by atoms with Gasteiger partial charge in [0.05, 0.1) is 5.69 Å². The summed E-state index contributed by atoms with van der Waals surface area (Å²) >= 11 is 1.46. The molecule has 0 aliphatic heterocycles. The predicted octanol–water partition coefficient (Wildman–Crippen LogP) is 5.52. The lowest BCUT2D eigenvalue weighted by Crippen LogP contribution is -2.20. The summed E-state index contributed by atoms with van der Waals surface area (Å²) in [4.78, 5) is 16.4. The Balaban J connectivity index is 1.70. The van der Waals surface area contributed by atoms with E-state index in [1.165, 1.54) is 11.3 Å². The molecule has 0 fully saturated rings. The summed E-state index contributed by atoms with van der Waals surface area (Å²) in [7, 11) is 0. The Morgan fingerprint density at radius 2 is 1.92 bits per heavy atom. The van der Waals surface area contributed by atoms with Gasteiger partial charge in [-0.1, -0.05) is 25.9 Å². The van der Waals surface area contributed by atoms with Crippen LogP contribution in [-0.4, -0.2) is 16.2 Å². The average Bonchev–Trinajstić information content (AvgIpc) is 3.31. The number of hydrogen-bond donors (Lipinski definition) is 2. The number of nitrogens with zero attached hydrogens (tertiary/aromatic N) is 2. The van der Waals surface area contributed by atoms with Crippen LogP contribution in [0, 0.1) is 0 Å². The van der Waals surface area contributed by atoms with Crippen molar-refractivity contribution in [1.29, 1.82) is 0 Å². The Bertz CT molecular complexity index is 869. The summed E-state index contributed by atoms with van der Waals surface area (Å²) in [5.41, 5.74) is 2.75. The number of anilines is 2. The first-order valence-corrected chi connectivity index (χ1v) is 9.47. The van der Waals surface area contributed by atoms with Crippen molar-refractivity contribution in [1.82, 2.24) is 10.1 Å². The molecule has 2 amide bonds. The summed E-state index contributed by atoms with van der Waals surface area (Å²) in [6.45, 7) is 6.38. The van der Waals surface area contributed by atoms with Gasteiger partial charge in [0.15, 0.2) is 0 Å². The second-order valence-electron chi connectivity index (χ2n) is 6.32. The molecular formula is C19H22N4O2S. The number of hydrogen-bond acceptors (Lipinski definition) is 5. The van der Waals surface area contributed by atoms with Gasteiger partial charge in [0.25, 0.3) is 0 Å². The highest BCUT2D eigenvalue weighted by Crippen LogP contribution is 2.33. The zero-order chi connectivity index (χ0) is 18.6. The van der Waals surface area contributed by atoms with Gasteiger partial charge in [-0.05, 0) is 42.0 Å². The molecule has 136 valence electrons. The molecule has 7 heteroatoms. The van der Waals surface area contributed by atoms with Crippen molar-refractivity contribution in [2.24, 2.45) is 0 Å². The summed E-state index contributed by atoms with van der Waals surface area (Å²) < 4.78 is 5.29. The fraction of sp³-hybridized carbons (Fsp3) is 0.316. The maximum Gasteiger partial charge on any atom is 0.326 e. The van der Waals surface area contributed by atoms with Crippen molar-refractivity contribution in [3.8, 4) is 11.1 Å². The highest BCUT2D eigenvalue weighted by atomic mass is 32.1. The number of aromatic nitrogens is 2. The number of carbonyl (C=O) groups is 1. The predicted molar refractivity (Wildman–Crippen MR) is 105 cm³/mol. The minimum atomic E-state index is -0.361. The number of pyridine rings is 1. The molecule has 0 aliphatic rings. The molecule has 0 radical (unpaired) electrons. The van der Waals surface area contributed by atoms with Crippen LogP contribution in [0.25, 0.3) is 11.1 Å². The molecule has 3 aromatic rings. The number of amides is 2. The van der Waals surface area contributed by atoms with Crippen LogP contribution in [0.5, 0.6) is 0 Å². The molecule has 26 heavy (non-hydrogen) atoms. The maximum absolute atomic E-state index is 12.3. The van der Waals surface area contributed by atoms with Crippen molar-refractivity contribution in [3.63, 3.8) is 0 Å². The molecule has 0 aliphatic carbocycles. The number of thiophene rings is 1. The molecule has 6 nitrogen and oxygen atoms in total. The van der Waals surface area contributed by atoms with Crippen LogP contribution in [0.4, 0.5) is 15.7 Å². The second-order valence-corrected chi connectivity index (χ2v) is 7.24. The number of nitrogens with one attached hydrogen (secondary N) is 2. The van der Waals surface area contributed by atoms with E-state index in [1.54, 1.807) is 18.5 Å². The third-order valence-electron chi connectivity index (χ3n) is 4.81. The van der Waals surface area contributed by atoms with Gasteiger partial charge in [-0.2, -0.15) is 0 Å². The number of carbonyl (C=O) groups excluding carboxylic acids is 1. The van der Waals surface area contributed by atoms with Crippen LogP contribution in [0.1, 0.15) is 39.3 Å². The Hall–Kier alpha value is -2.67. The fourth-order valence-electron chi connectivity index (χ4n) is 2.64. The molecule has 0 saturated carbocycles. The Morgan fingerprint density at radius 3 is 2.62 bits per heavy atom. The fourth-order valence-corrected chi connectivity index (χ4v) is 3.45. The van der Waals surface area contributed by atoms with Crippen LogP contribution in [-0.2, 0) is 5.41 Å². The van der Waals surface area contributed by atoms with Gasteiger partial charge in [-0.25, -0.2) is 4.79 Å². The minimum Gasteiger partial charge on any atom is -0.338 e. The molecule has 0 unspecified atom stereocenters. The quantitative estimate of drug-likeness (QED) is 0.599. The van der Waals surface area contributed by atoms with E-state index in [2.05, 4.69) is 41.5 Å². The van der Waals surface area contributed by atoms with Crippen LogP contribution in [0.2, 0.25) is 0 Å². The zero-order valence-electron chi connectivity index (χ0n) is 15.1. The Morgan fingerprint density at radius 1 is 1.19 bits per heavy atom. The second kappa shape index (κ2) is 7.70. The number of rotatable bonds is 6. The van der Waals surface area contributed by atoms with E-state index in [0.29, 0.717) is 5.88 Å². The van der Waals surface area contributed by atoms with E-state index in [4.69, 9.17) is 4.52 Å². The monoisotopic (exact) mass is 370 g/mol. The summed E-state index contributed by atoms with van der Waals surface area (Å²) in [5, 5.41) is 12.4. The van der Waals surface area contributed by atoms with Crippen molar-refractivity contribution >= 4 is 28.3 Å². The standard InChI is InChI=1S/C19H22N4O2S/c1-4-19(3,5-2)15-12-16(25-23-15)21-18(24)22-17-14(8-11-26-17)13-6-9-20-10-7-13/h6-12H,4-5H2,1-3H3,(H2,21,22,24). The van der Waals surface area contributed by atoms with Gasteiger partial charge in [0, 0.05) is 29.4 Å². The third-order valence-corrected chi connectivity index (χ3v) is 5.64. The van der Waals surface area contributed by atoms with Gasteiger partial charge in [-0.3, -0.25) is 15.6 Å². The molecule has 0 bridgehead atoms. The highest BCUT2D eigenvalue weighted by Gasteiger charge is 2.26. The van der Waals surface area contributed by atoms with E-state index >= 15 is 0 Å². The first kappa shape index (κ1) is 18.1. The molecule has 0 atom stereocenters. The van der Waals surface area contributed by atoms with E-state index in [0.717, 1.165) is 34.7 Å². The summed E-state index contributed by atoms with van der Waals surface area (Å²) in [6.07, 6.45) is 5.36. The van der Waals surface area contributed by atoms with Crippen LogP contribution in [0.3, 0.4) is 0 Å². The van der Waals surface area contributed by atoms with Gasteiger partial charge >= 0.3 is 6.03 Å². The van der Waals surface area contributed by atoms with E-state index < -0.39 is 0 Å². The molecule has 3 aromatic heterocycles. The highest BCUT2D eigenvalue weighted by molar-refractivity contribution is 7.15. The molecule has 0 spiro atoms. The van der Waals surface area contributed by atoms with Crippen molar-refractivity contribution in [2.75, 3.05) is 10.6 Å². The van der Waals surface area contributed by atoms with Crippen molar-refractivity contribution in [3.05, 3.63) is 47.7 Å². The topological polar surface area (TPSA) is 80.0 Å². The van der Waals surface area contributed by atoms with E-state index in [1.807, 2.05) is 23.6 Å². The normalized spacial score (nSPS) is 11.3. The van der Waals surface area contributed by atoms with Crippen LogP contribution < -0.4 is 10.6 Å². The molecular weight excluding hydrogens is 348 g/mol.